The van der Waals surface area contributed by atoms with Crippen molar-refractivity contribution in [3.63, 3.8) is 0 Å². The van der Waals surface area contributed by atoms with Gasteiger partial charge in [0.1, 0.15) is 11.6 Å². The summed E-state index contributed by atoms with van der Waals surface area (Å²) in [7, 11) is 0. The maximum atomic E-state index is 5.58. The van der Waals surface area contributed by atoms with Gasteiger partial charge in [0.15, 0.2) is 0 Å². The Kier molecular flexibility index (Phi) is 3.64. The molecule has 2 aromatic rings. The third-order valence-corrected chi connectivity index (χ3v) is 4.05. The summed E-state index contributed by atoms with van der Waals surface area (Å²) in [6.07, 6.45) is 3.15. The third kappa shape index (κ3) is 2.76. The van der Waals surface area contributed by atoms with Gasteiger partial charge in [0, 0.05) is 11.8 Å². The number of nitrogens with two attached hydrogens (primary N) is 1. The molecule has 110 valence electrons. The summed E-state index contributed by atoms with van der Waals surface area (Å²) < 4.78 is 0. The standard InChI is InChI=1S/C17H22N4/c1-12(2)10-14-11-15(21-18)20-16(19-14)17(8-9-17)13-6-4-3-5-7-13/h3-7,11-12H,8-10,18H2,1-2H3,(H,19,20,21). The van der Waals surface area contributed by atoms with Gasteiger partial charge < -0.3 is 5.43 Å². The highest BCUT2D eigenvalue weighted by Crippen LogP contribution is 2.52. The fourth-order valence-corrected chi connectivity index (χ4v) is 2.83. The first-order valence-corrected chi connectivity index (χ1v) is 7.54. The Morgan fingerprint density at radius 1 is 1.19 bits per heavy atom. The SMILES string of the molecule is CC(C)Cc1cc(NN)nc(C2(c3ccccc3)CC2)n1. The zero-order valence-electron chi connectivity index (χ0n) is 12.6. The number of anilines is 1. The number of rotatable bonds is 5. The summed E-state index contributed by atoms with van der Waals surface area (Å²) >= 11 is 0. The van der Waals surface area contributed by atoms with E-state index in [1.807, 2.05) is 12.1 Å². The van der Waals surface area contributed by atoms with E-state index in [-0.39, 0.29) is 5.41 Å². The number of benzene rings is 1. The number of hydrogen-bond donors (Lipinski definition) is 2. The van der Waals surface area contributed by atoms with Gasteiger partial charge in [-0.05, 0) is 30.7 Å². The van der Waals surface area contributed by atoms with E-state index in [1.165, 1.54) is 5.56 Å². The van der Waals surface area contributed by atoms with Crippen LogP contribution in [-0.4, -0.2) is 9.97 Å². The first-order valence-electron chi connectivity index (χ1n) is 7.54. The molecule has 1 aromatic heterocycles. The first-order chi connectivity index (χ1) is 10.1. The van der Waals surface area contributed by atoms with Gasteiger partial charge in [-0.1, -0.05) is 44.2 Å². The van der Waals surface area contributed by atoms with Crippen LogP contribution in [0.15, 0.2) is 36.4 Å². The van der Waals surface area contributed by atoms with Gasteiger partial charge in [-0.15, -0.1) is 0 Å². The summed E-state index contributed by atoms with van der Waals surface area (Å²) in [6.45, 7) is 4.39. The molecular formula is C17H22N4. The van der Waals surface area contributed by atoms with Crippen molar-refractivity contribution in [3.8, 4) is 0 Å². The van der Waals surface area contributed by atoms with E-state index in [1.54, 1.807) is 0 Å². The molecular weight excluding hydrogens is 260 g/mol. The van der Waals surface area contributed by atoms with E-state index >= 15 is 0 Å². The predicted octanol–water partition coefficient (Wildman–Crippen LogP) is 3.04. The average Bonchev–Trinajstić information content (AvgIpc) is 3.29. The summed E-state index contributed by atoms with van der Waals surface area (Å²) in [5.74, 6) is 7.75. The van der Waals surface area contributed by atoms with E-state index in [9.17, 15) is 0 Å². The van der Waals surface area contributed by atoms with Gasteiger partial charge in [-0.3, -0.25) is 0 Å². The van der Waals surface area contributed by atoms with E-state index in [0.29, 0.717) is 11.7 Å². The summed E-state index contributed by atoms with van der Waals surface area (Å²) in [5, 5.41) is 0. The van der Waals surface area contributed by atoms with E-state index in [0.717, 1.165) is 30.8 Å². The highest BCUT2D eigenvalue weighted by atomic mass is 15.3. The van der Waals surface area contributed by atoms with Crippen LogP contribution in [0.3, 0.4) is 0 Å². The molecule has 4 heteroatoms. The van der Waals surface area contributed by atoms with E-state index in [2.05, 4.69) is 48.5 Å². The van der Waals surface area contributed by atoms with Crippen LogP contribution in [0.5, 0.6) is 0 Å². The minimum absolute atomic E-state index is 0.0140. The predicted molar refractivity (Wildman–Crippen MR) is 84.8 cm³/mol. The molecule has 0 bridgehead atoms. The Morgan fingerprint density at radius 3 is 2.48 bits per heavy atom. The molecule has 1 aliphatic rings. The molecule has 0 saturated heterocycles. The van der Waals surface area contributed by atoms with Gasteiger partial charge >= 0.3 is 0 Å². The molecule has 4 nitrogen and oxygen atoms in total. The van der Waals surface area contributed by atoms with Gasteiger partial charge in [-0.2, -0.15) is 0 Å². The zero-order valence-corrected chi connectivity index (χ0v) is 12.6. The lowest BCUT2D eigenvalue weighted by Gasteiger charge is -2.17. The lowest BCUT2D eigenvalue weighted by Crippen LogP contribution is -2.18. The van der Waals surface area contributed by atoms with Crippen LogP contribution in [0.25, 0.3) is 0 Å². The molecule has 21 heavy (non-hydrogen) atoms. The monoisotopic (exact) mass is 282 g/mol. The van der Waals surface area contributed by atoms with Gasteiger partial charge in [-0.25, -0.2) is 15.8 Å². The van der Waals surface area contributed by atoms with Crippen LogP contribution < -0.4 is 11.3 Å². The van der Waals surface area contributed by atoms with Crippen LogP contribution in [0.2, 0.25) is 0 Å². The topological polar surface area (TPSA) is 63.8 Å². The second kappa shape index (κ2) is 5.45. The molecule has 0 unspecified atom stereocenters. The van der Waals surface area contributed by atoms with Gasteiger partial charge in [0.25, 0.3) is 0 Å². The Balaban J connectivity index is 2.02. The summed E-state index contributed by atoms with van der Waals surface area (Å²) in [5.41, 5.74) is 5.03. The fraction of sp³-hybridized carbons (Fsp3) is 0.412. The first kappa shape index (κ1) is 14.0. The molecule has 0 aliphatic heterocycles. The Bertz CT molecular complexity index is 618. The number of nitrogen functional groups attached to an aromatic ring is 1. The molecule has 1 heterocycles. The molecule has 3 rings (SSSR count). The van der Waals surface area contributed by atoms with Crippen LogP contribution in [-0.2, 0) is 11.8 Å². The van der Waals surface area contributed by atoms with Crippen LogP contribution in [0.1, 0.15) is 43.8 Å². The Hall–Kier alpha value is -1.94. The highest BCUT2D eigenvalue weighted by Gasteiger charge is 2.48. The second-order valence-electron chi connectivity index (χ2n) is 6.26. The van der Waals surface area contributed by atoms with Crippen molar-refractivity contribution < 1.29 is 0 Å². The summed E-state index contributed by atoms with van der Waals surface area (Å²) in [6, 6.07) is 12.5. The van der Waals surface area contributed by atoms with Crippen molar-refractivity contribution in [1.29, 1.82) is 0 Å². The number of nitrogens with one attached hydrogen (secondary N) is 1. The van der Waals surface area contributed by atoms with Crippen molar-refractivity contribution in [2.24, 2.45) is 11.8 Å². The Morgan fingerprint density at radius 2 is 1.90 bits per heavy atom. The summed E-state index contributed by atoms with van der Waals surface area (Å²) in [4.78, 5) is 9.45. The zero-order chi connectivity index (χ0) is 14.9. The van der Waals surface area contributed by atoms with Crippen LogP contribution >= 0.6 is 0 Å². The van der Waals surface area contributed by atoms with E-state index in [4.69, 9.17) is 10.8 Å². The van der Waals surface area contributed by atoms with Crippen LogP contribution in [0.4, 0.5) is 5.82 Å². The lowest BCUT2D eigenvalue weighted by molar-refractivity contribution is 0.624. The average molecular weight is 282 g/mol. The molecule has 3 N–H and O–H groups in total. The van der Waals surface area contributed by atoms with Crippen molar-refractivity contribution in [2.45, 2.75) is 38.5 Å². The number of hydrazine groups is 1. The van der Waals surface area contributed by atoms with Crippen molar-refractivity contribution in [1.82, 2.24) is 9.97 Å². The van der Waals surface area contributed by atoms with Gasteiger partial charge in [0.05, 0.1) is 5.41 Å². The maximum absolute atomic E-state index is 5.58. The van der Waals surface area contributed by atoms with Crippen molar-refractivity contribution in [2.75, 3.05) is 5.43 Å². The van der Waals surface area contributed by atoms with Crippen LogP contribution in [0, 0.1) is 5.92 Å². The largest absolute Gasteiger partial charge is 0.308 e. The smallest absolute Gasteiger partial charge is 0.143 e. The molecule has 0 spiro atoms. The Labute approximate surface area is 125 Å². The molecule has 0 amide bonds. The number of nitrogens with zero attached hydrogens (tertiary/aromatic N) is 2. The fourth-order valence-electron chi connectivity index (χ4n) is 2.83. The quantitative estimate of drug-likeness (QED) is 0.653. The van der Waals surface area contributed by atoms with Crippen molar-refractivity contribution in [3.05, 3.63) is 53.5 Å². The van der Waals surface area contributed by atoms with Gasteiger partial charge in [0.2, 0.25) is 0 Å². The second-order valence-corrected chi connectivity index (χ2v) is 6.26. The highest BCUT2D eigenvalue weighted by molar-refractivity contribution is 5.43. The molecule has 0 radical (unpaired) electrons. The number of aromatic nitrogens is 2. The molecule has 1 fully saturated rings. The third-order valence-electron chi connectivity index (χ3n) is 4.05. The lowest BCUT2D eigenvalue weighted by atomic mass is 9.94. The minimum Gasteiger partial charge on any atom is -0.308 e. The molecule has 1 saturated carbocycles. The van der Waals surface area contributed by atoms with E-state index < -0.39 is 0 Å². The normalized spacial score (nSPS) is 16.0. The molecule has 1 aromatic carbocycles. The molecule has 1 aliphatic carbocycles. The van der Waals surface area contributed by atoms with Crippen molar-refractivity contribution >= 4 is 5.82 Å². The minimum atomic E-state index is -0.0140. The maximum Gasteiger partial charge on any atom is 0.143 e. The molecule has 0 atom stereocenters. The number of hydrogen-bond acceptors (Lipinski definition) is 4.